The molecule has 0 spiro atoms. The van der Waals surface area contributed by atoms with E-state index in [2.05, 4.69) is 4.98 Å². The van der Waals surface area contributed by atoms with Gasteiger partial charge in [-0.1, -0.05) is 12.1 Å². The largest absolute Gasteiger partial charge is 0.337 e. The number of hydrogen-bond acceptors (Lipinski definition) is 1. The Morgan fingerprint density at radius 2 is 2.25 bits per heavy atom. The highest BCUT2D eigenvalue weighted by Crippen LogP contribution is 2.07. The van der Waals surface area contributed by atoms with Crippen LogP contribution in [0.1, 0.15) is 11.3 Å². The highest BCUT2D eigenvalue weighted by atomic mass is 32.1. The second kappa shape index (κ2) is 4.61. The van der Waals surface area contributed by atoms with Crippen LogP contribution in [0.25, 0.3) is 0 Å². The first-order valence-corrected chi connectivity index (χ1v) is 5.57. The molecule has 4 heteroatoms. The van der Waals surface area contributed by atoms with Crippen molar-refractivity contribution in [2.75, 3.05) is 0 Å². The second-order valence-electron chi connectivity index (χ2n) is 3.77. The van der Waals surface area contributed by atoms with Crippen molar-refractivity contribution in [3.05, 3.63) is 52.3 Å². The molecule has 1 heterocycles. The Bertz CT molecular complexity index is 542. The topological polar surface area (TPSA) is 20.7 Å². The lowest BCUT2D eigenvalue weighted by Gasteiger charge is -2.05. The minimum atomic E-state index is -0.188. The number of nitrogens with zero attached hydrogens (tertiary/aromatic N) is 1. The summed E-state index contributed by atoms with van der Waals surface area (Å²) in [5, 5.41) is 0. The van der Waals surface area contributed by atoms with E-state index in [1.807, 2.05) is 23.8 Å². The number of nitrogens with one attached hydrogen (secondary N) is 1. The van der Waals surface area contributed by atoms with Crippen molar-refractivity contribution in [2.45, 2.75) is 19.9 Å². The van der Waals surface area contributed by atoms with Crippen molar-refractivity contribution in [3.63, 3.8) is 0 Å². The van der Waals surface area contributed by atoms with Gasteiger partial charge in [-0.3, -0.25) is 0 Å². The molecule has 0 unspecified atom stereocenters. The molecule has 0 amide bonds. The molecular formula is C12H13FN2S. The van der Waals surface area contributed by atoms with E-state index < -0.39 is 0 Å². The van der Waals surface area contributed by atoms with Crippen molar-refractivity contribution in [1.29, 1.82) is 0 Å². The Balaban J connectivity index is 2.11. The third-order valence-corrected chi connectivity index (χ3v) is 2.93. The molecule has 0 saturated heterocycles. The molecule has 84 valence electrons. The summed E-state index contributed by atoms with van der Waals surface area (Å²) in [6.45, 7) is 2.77. The quantitative estimate of drug-likeness (QED) is 0.811. The summed E-state index contributed by atoms with van der Waals surface area (Å²) in [5.41, 5.74) is 2.09. The Morgan fingerprint density at radius 1 is 1.44 bits per heavy atom. The highest BCUT2D eigenvalue weighted by Gasteiger charge is 2.00. The van der Waals surface area contributed by atoms with Crippen LogP contribution in [0.4, 0.5) is 4.39 Å². The number of benzene rings is 1. The first kappa shape index (κ1) is 11.1. The predicted octanol–water partition coefficient (Wildman–Crippen LogP) is 3.24. The van der Waals surface area contributed by atoms with Crippen LogP contribution in [0.2, 0.25) is 0 Å². The molecule has 2 rings (SSSR count). The van der Waals surface area contributed by atoms with Crippen LogP contribution >= 0.6 is 12.2 Å². The maximum absolute atomic E-state index is 13.0. The molecule has 16 heavy (non-hydrogen) atoms. The van der Waals surface area contributed by atoms with Crippen LogP contribution in [0.5, 0.6) is 0 Å². The van der Waals surface area contributed by atoms with Gasteiger partial charge < -0.3 is 9.55 Å². The predicted molar refractivity (Wildman–Crippen MR) is 64.5 cm³/mol. The van der Waals surface area contributed by atoms with Gasteiger partial charge >= 0.3 is 0 Å². The molecule has 1 N–H and O–H groups in total. The lowest BCUT2D eigenvalue weighted by atomic mass is 10.1. The van der Waals surface area contributed by atoms with Gasteiger partial charge in [0.15, 0.2) is 4.77 Å². The van der Waals surface area contributed by atoms with E-state index in [0.29, 0.717) is 4.77 Å². The normalized spacial score (nSPS) is 10.6. The van der Waals surface area contributed by atoms with Gasteiger partial charge in [0, 0.05) is 18.4 Å². The molecule has 2 aromatic rings. The van der Waals surface area contributed by atoms with E-state index >= 15 is 0 Å². The van der Waals surface area contributed by atoms with E-state index in [1.54, 1.807) is 12.1 Å². The monoisotopic (exact) mass is 236 g/mol. The summed E-state index contributed by atoms with van der Waals surface area (Å²) in [6, 6.07) is 6.67. The molecule has 0 fully saturated rings. The molecule has 1 aromatic carbocycles. The lowest BCUT2D eigenvalue weighted by molar-refractivity contribution is 0.619. The maximum atomic E-state index is 13.0. The molecule has 0 bridgehead atoms. The van der Waals surface area contributed by atoms with Gasteiger partial charge in [0.25, 0.3) is 0 Å². The molecule has 0 radical (unpaired) electrons. The van der Waals surface area contributed by atoms with Gasteiger partial charge in [-0.05, 0) is 43.3 Å². The van der Waals surface area contributed by atoms with Crippen molar-refractivity contribution in [2.24, 2.45) is 0 Å². The van der Waals surface area contributed by atoms with Crippen LogP contribution in [-0.4, -0.2) is 9.55 Å². The minimum Gasteiger partial charge on any atom is -0.337 e. The van der Waals surface area contributed by atoms with Crippen LogP contribution in [-0.2, 0) is 13.0 Å². The standard InChI is InChI=1S/C12H13FN2S/c1-9-8-14-12(16)15(9)6-5-10-3-2-4-11(13)7-10/h2-4,7-8H,5-6H2,1H3,(H,14,16). The molecular weight excluding hydrogens is 223 g/mol. The maximum Gasteiger partial charge on any atom is 0.177 e. The zero-order valence-corrected chi connectivity index (χ0v) is 9.85. The first-order chi connectivity index (χ1) is 7.66. The van der Waals surface area contributed by atoms with Crippen LogP contribution in [0, 0.1) is 17.5 Å². The van der Waals surface area contributed by atoms with Crippen LogP contribution in [0.3, 0.4) is 0 Å². The minimum absolute atomic E-state index is 0.188. The van der Waals surface area contributed by atoms with Gasteiger partial charge in [-0.2, -0.15) is 0 Å². The summed E-state index contributed by atoms with van der Waals surface area (Å²) in [6.07, 6.45) is 2.67. The van der Waals surface area contributed by atoms with Gasteiger partial charge in [-0.15, -0.1) is 0 Å². The second-order valence-corrected chi connectivity index (χ2v) is 4.15. The van der Waals surface area contributed by atoms with Crippen LogP contribution in [0.15, 0.2) is 30.5 Å². The van der Waals surface area contributed by atoms with E-state index in [0.717, 1.165) is 24.2 Å². The van der Waals surface area contributed by atoms with E-state index in [9.17, 15) is 4.39 Å². The summed E-state index contributed by atoms with van der Waals surface area (Å²) in [5.74, 6) is -0.188. The smallest absolute Gasteiger partial charge is 0.177 e. The fourth-order valence-electron chi connectivity index (χ4n) is 1.69. The van der Waals surface area contributed by atoms with Gasteiger partial charge in [0.1, 0.15) is 5.82 Å². The summed E-state index contributed by atoms with van der Waals surface area (Å²) in [4.78, 5) is 2.99. The SMILES string of the molecule is Cc1c[nH]c(=S)n1CCc1cccc(F)c1. The van der Waals surface area contributed by atoms with E-state index in [1.165, 1.54) is 6.07 Å². The fourth-order valence-corrected chi connectivity index (χ4v) is 1.99. The number of aromatic amines is 1. The molecule has 0 atom stereocenters. The molecule has 0 aliphatic rings. The first-order valence-electron chi connectivity index (χ1n) is 5.16. The number of aryl methyl sites for hydroxylation is 2. The Hall–Kier alpha value is -1.42. The van der Waals surface area contributed by atoms with Crippen LogP contribution < -0.4 is 0 Å². The zero-order chi connectivity index (χ0) is 11.5. The number of rotatable bonds is 3. The Morgan fingerprint density at radius 3 is 2.88 bits per heavy atom. The average molecular weight is 236 g/mol. The number of halogens is 1. The van der Waals surface area contributed by atoms with E-state index in [4.69, 9.17) is 12.2 Å². The molecule has 0 aliphatic heterocycles. The van der Waals surface area contributed by atoms with Gasteiger partial charge in [0.2, 0.25) is 0 Å². The third-order valence-electron chi connectivity index (χ3n) is 2.59. The lowest BCUT2D eigenvalue weighted by Crippen LogP contribution is -2.03. The number of aromatic nitrogens is 2. The number of imidazole rings is 1. The average Bonchev–Trinajstić information content (AvgIpc) is 2.56. The Labute approximate surface area is 98.7 Å². The summed E-state index contributed by atoms with van der Waals surface area (Å²) < 4.78 is 15.7. The molecule has 0 aliphatic carbocycles. The van der Waals surface area contributed by atoms with Crippen molar-refractivity contribution >= 4 is 12.2 Å². The third kappa shape index (κ3) is 2.39. The molecule has 2 nitrogen and oxygen atoms in total. The highest BCUT2D eigenvalue weighted by molar-refractivity contribution is 7.71. The number of hydrogen-bond donors (Lipinski definition) is 1. The zero-order valence-electron chi connectivity index (χ0n) is 9.03. The molecule has 1 aromatic heterocycles. The van der Waals surface area contributed by atoms with E-state index in [-0.39, 0.29) is 5.82 Å². The number of H-pyrrole nitrogens is 1. The van der Waals surface area contributed by atoms with Gasteiger partial charge in [-0.25, -0.2) is 4.39 Å². The van der Waals surface area contributed by atoms with Crippen molar-refractivity contribution in [3.8, 4) is 0 Å². The van der Waals surface area contributed by atoms with Crippen molar-refractivity contribution in [1.82, 2.24) is 9.55 Å². The molecule has 0 saturated carbocycles. The fraction of sp³-hybridized carbons (Fsp3) is 0.250. The summed E-state index contributed by atoms with van der Waals surface area (Å²) >= 11 is 5.15. The Kier molecular flexibility index (Phi) is 3.19. The van der Waals surface area contributed by atoms with Crippen molar-refractivity contribution < 1.29 is 4.39 Å². The van der Waals surface area contributed by atoms with Gasteiger partial charge in [0.05, 0.1) is 0 Å². The summed E-state index contributed by atoms with van der Waals surface area (Å²) in [7, 11) is 0.